The van der Waals surface area contributed by atoms with Gasteiger partial charge in [-0.15, -0.1) is 0 Å². The molecule has 176 valence electrons. The average molecular weight is 449 g/mol. The summed E-state index contributed by atoms with van der Waals surface area (Å²) in [7, 11) is 0. The highest BCUT2D eigenvalue weighted by Crippen LogP contribution is 2.24. The lowest BCUT2D eigenvalue weighted by Crippen LogP contribution is -2.35. The highest BCUT2D eigenvalue weighted by molar-refractivity contribution is 5.85. The third-order valence-electron chi connectivity index (χ3n) is 7.05. The predicted molar refractivity (Wildman–Crippen MR) is 129 cm³/mol. The molecule has 5 heteroatoms. The summed E-state index contributed by atoms with van der Waals surface area (Å²) in [5, 5.41) is 0. The molecule has 0 atom stereocenters. The number of benzene rings is 2. The topological polar surface area (TPSA) is 49.9 Å². The zero-order chi connectivity index (χ0) is 22.9. The van der Waals surface area contributed by atoms with Crippen LogP contribution in [-0.4, -0.2) is 47.9 Å². The first kappa shape index (κ1) is 23.7. The molecule has 33 heavy (non-hydrogen) atoms. The third-order valence-corrected chi connectivity index (χ3v) is 7.05. The Hall–Kier alpha value is -2.50. The first-order valence-corrected chi connectivity index (χ1v) is 12.4. The molecular formula is C28H36N2O3. The number of likely N-dealkylation sites (tertiary alicyclic amines) is 2. The van der Waals surface area contributed by atoms with Gasteiger partial charge < -0.3 is 4.74 Å². The standard InChI is InChI=1S/C28H36N2O3/c31-27(19-23-11-15-29(16-12-23)21-25-7-3-1-4-8-25)33-28(32)20-24-13-17-30(18-14-24)22-26-9-5-2-6-10-26/h1-10,23-24H,11-22H2. The van der Waals surface area contributed by atoms with Crippen LogP contribution in [0.3, 0.4) is 0 Å². The van der Waals surface area contributed by atoms with Gasteiger partial charge in [0.25, 0.3) is 0 Å². The summed E-state index contributed by atoms with van der Waals surface area (Å²) in [5.74, 6) is -0.0526. The molecule has 0 N–H and O–H groups in total. The summed E-state index contributed by atoms with van der Waals surface area (Å²) in [4.78, 5) is 29.5. The van der Waals surface area contributed by atoms with Crippen molar-refractivity contribution >= 4 is 11.9 Å². The van der Waals surface area contributed by atoms with Gasteiger partial charge in [0.05, 0.1) is 0 Å². The largest absolute Gasteiger partial charge is 0.393 e. The van der Waals surface area contributed by atoms with Gasteiger partial charge >= 0.3 is 11.9 Å². The van der Waals surface area contributed by atoms with E-state index in [2.05, 4.69) is 58.3 Å². The molecule has 0 unspecified atom stereocenters. The SMILES string of the molecule is O=C(CC1CCN(Cc2ccccc2)CC1)OC(=O)CC1CCN(Cc2ccccc2)CC1. The smallest absolute Gasteiger partial charge is 0.313 e. The Morgan fingerprint density at radius 1 is 0.636 bits per heavy atom. The molecule has 2 aromatic carbocycles. The maximum Gasteiger partial charge on any atom is 0.313 e. The maximum absolute atomic E-state index is 12.3. The molecule has 2 aliphatic heterocycles. The molecule has 0 bridgehead atoms. The van der Waals surface area contributed by atoms with Crippen molar-refractivity contribution in [1.82, 2.24) is 9.80 Å². The van der Waals surface area contributed by atoms with Gasteiger partial charge in [-0.1, -0.05) is 60.7 Å². The Kier molecular flexibility index (Phi) is 8.67. The van der Waals surface area contributed by atoms with E-state index in [1.54, 1.807) is 0 Å². The predicted octanol–water partition coefficient (Wildman–Crippen LogP) is 4.66. The number of carbonyl (C=O) groups is 2. The van der Waals surface area contributed by atoms with E-state index >= 15 is 0 Å². The number of rotatable bonds is 8. The second-order valence-electron chi connectivity index (χ2n) is 9.66. The van der Waals surface area contributed by atoms with Gasteiger partial charge in [-0.3, -0.25) is 19.4 Å². The van der Waals surface area contributed by atoms with E-state index in [4.69, 9.17) is 4.74 Å². The lowest BCUT2D eigenvalue weighted by molar-refractivity contribution is -0.161. The number of carbonyl (C=O) groups excluding carboxylic acids is 2. The van der Waals surface area contributed by atoms with Crippen LogP contribution in [0.25, 0.3) is 0 Å². The number of nitrogens with zero attached hydrogens (tertiary/aromatic N) is 2. The molecule has 2 saturated heterocycles. The van der Waals surface area contributed by atoms with Crippen LogP contribution in [0.4, 0.5) is 0 Å². The Morgan fingerprint density at radius 3 is 1.36 bits per heavy atom. The van der Waals surface area contributed by atoms with Crippen molar-refractivity contribution in [2.45, 2.75) is 51.6 Å². The van der Waals surface area contributed by atoms with Gasteiger partial charge in [0.1, 0.15) is 0 Å². The molecule has 2 fully saturated rings. The Bertz CT molecular complexity index is 797. The van der Waals surface area contributed by atoms with Crippen molar-refractivity contribution in [3.05, 3.63) is 71.8 Å². The molecular weight excluding hydrogens is 412 g/mol. The van der Waals surface area contributed by atoms with E-state index in [0.29, 0.717) is 24.7 Å². The molecule has 4 rings (SSSR count). The molecule has 5 nitrogen and oxygen atoms in total. The van der Waals surface area contributed by atoms with Gasteiger partial charge in [0.15, 0.2) is 0 Å². The molecule has 0 aromatic heterocycles. The Balaban J connectivity index is 1.10. The van der Waals surface area contributed by atoms with Crippen molar-refractivity contribution in [1.29, 1.82) is 0 Å². The molecule has 0 amide bonds. The number of hydrogen-bond acceptors (Lipinski definition) is 5. The summed E-state index contributed by atoms with van der Waals surface area (Å²) in [6.07, 6.45) is 4.65. The first-order chi connectivity index (χ1) is 16.1. The maximum atomic E-state index is 12.3. The fourth-order valence-electron chi connectivity index (χ4n) is 5.06. The lowest BCUT2D eigenvalue weighted by atomic mass is 9.93. The molecule has 0 saturated carbocycles. The molecule has 0 radical (unpaired) electrons. The monoisotopic (exact) mass is 448 g/mol. The van der Waals surface area contributed by atoms with Crippen LogP contribution in [0.15, 0.2) is 60.7 Å². The Labute approximate surface area is 197 Å². The Morgan fingerprint density at radius 2 is 1.00 bits per heavy atom. The van der Waals surface area contributed by atoms with Crippen LogP contribution >= 0.6 is 0 Å². The molecule has 2 aromatic rings. The van der Waals surface area contributed by atoms with Crippen molar-refractivity contribution in [3.63, 3.8) is 0 Å². The van der Waals surface area contributed by atoms with E-state index < -0.39 is 0 Å². The first-order valence-electron chi connectivity index (χ1n) is 12.4. The summed E-state index contributed by atoms with van der Waals surface area (Å²) in [6.45, 7) is 5.87. The minimum atomic E-state index is -0.344. The quantitative estimate of drug-likeness (QED) is 0.434. The van der Waals surface area contributed by atoms with Crippen LogP contribution < -0.4 is 0 Å². The second kappa shape index (κ2) is 12.1. The zero-order valence-corrected chi connectivity index (χ0v) is 19.5. The minimum absolute atomic E-state index is 0.318. The minimum Gasteiger partial charge on any atom is -0.393 e. The fraction of sp³-hybridized carbons (Fsp3) is 0.500. The van der Waals surface area contributed by atoms with E-state index in [1.807, 2.05) is 12.1 Å². The van der Waals surface area contributed by atoms with E-state index in [9.17, 15) is 9.59 Å². The summed E-state index contributed by atoms with van der Waals surface area (Å²) in [6, 6.07) is 21.0. The van der Waals surface area contributed by atoms with Crippen LogP contribution in [0.2, 0.25) is 0 Å². The van der Waals surface area contributed by atoms with Crippen LogP contribution in [0, 0.1) is 11.8 Å². The van der Waals surface area contributed by atoms with E-state index in [1.165, 1.54) is 11.1 Å². The third kappa shape index (κ3) is 7.79. The molecule has 2 aliphatic rings. The van der Waals surface area contributed by atoms with Gasteiger partial charge in [0, 0.05) is 25.9 Å². The van der Waals surface area contributed by atoms with Crippen molar-refractivity contribution < 1.29 is 14.3 Å². The van der Waals surface area contributed by atoms with E-state index in [-0.39, 0.29) is 11.9 Å². The zero-order valence-electron chi connectivity index (χ0n) is 19.5. The average Bonchev–Trinajstić information content (AvgIpc) is 2.83. The van der Waals surface area contributed by atoms with E-state index in [0.717, 1.165) is 65.0 Å². The molecule has 0 aliphatic carbocycles. The van der Waals surface area contributed by atoms with Crippen LogP contribution in [0.1, 0.15) is 49.7 Å². The number of esters is 2. The van der Waals surface area contributed by atoms with Gasteiger partial charge in [0.2, 0.25) is 0 Å². The normalized spacial score (nSPS) is 18.8. The number of ether oxygens (including phenoxy) is 1. The van der Waals surface area contributed by atoms with Gasteiger partial charge in [-0.25, -0.2) is 0 Å². The van der Waals surface area contributed by atoms with Crippen LogP contribution in [-0.2, 0) is 27.4 Å². The van der Waals surface area contributed by atoms with Gasteiger partial charge in [-0.05, 0) is 74.8 Å². The molecule has 0 spiro atoms. The van der Waals surface area contributed by atoms with Crippen molar-refractivity contribution in [2.24, 2.45) is 11.8 Å². The van der Waals surface area contributed by atoms with Crippen LogP contribution in [0.5, 0.6) is 0 Å². The fourth-order valence-corrected chi connectivity index (χ4v) is 5.06. The highest BCUT2D eigenvalue weighted by Gasteiger charge is 2.26. The van der Waals surface area contributed by atoms with Crippen molar-refractivity contribution in [2.75, 3.05) is 26.2 Å². The number of hydrogen-bond donors (Lipinski definition) is 0. The molecule has 2 heterocycles. The van der Waals surface area contributed by atoms with Gasteiger partial charge in [-0.2, -0.15) is 0 Å². The summed E-state index contributed by atoms with van der Waals surface area (Å²) in [5.41, 5.74) is 2.65. The lowest BCUT2D eigenvalue weighted by Gasteiger charge is -2.32. The van der Waals surface area contributed by atoms with Crippen molar-refractivity contribution in [3.8, 4) is 0 Å². The number of piperidine rings is 2. The second-order valence-corrected chi connectivity index (χ2v) is 9.66. The summed E-state index contributed by atoms with van der Waals surface area (Å²) >= 11 is 0. The highest BCUT2D eigenvalue weighted by atomic mass is 16.6. The summed E-state index contributed by atoms with van der Waals surface area (Å²) < 4.78 is 5.20.